The second kappa shape index (κ2) is 3.95. The van der Waals surface area contributed by atoms with Crippen LogP contribution in [-0.4, -0.2) is 16.8 Å². The molecule has 0 aliphatic rings. The van der Waals surface area contributed by atoms with Crippen molar-refractivity contribution in [2.24, 2.45) is 5.73 Å². The third-order valence-electron chi connectivity index (χ3n) is 1.04. The fourth-order valence-electron chi connectivity index (χ4n) is 0.489. The quantitative estimate of drug-likeness (QED) is 0.707. The topological polar surface area (TPSA) is 38.9 Å². The van der Waals surface area contributed by atoms with E-state index >= 15 is 0 Å². The molecule has 2 N–H and O–H groups in total. The minimum absolute atomic E-state index is 0.478. The van der Waals surface area contributed by atoms with Crippen molar-refractivity contribution in [3.63, 3.8) is 0 Å². The van der Waals surface area contributed by atoms with Crippen LogP contribution in [0.1, 0.15) is 6.92 Å². The second-order valence-electron chi connectivity index (χ2n) is 1.96. The first-order chi connectivity index (χ1) is 4.83. The number of nitrogens with two attached hydrogens (primary N) is 1. The lowest BCUT2D eigenvalue weighted by Gasteiger charge is -2.02. The Balaban J connectivity index is 2.40. The highest BCUT2D eigenvalue weighted by atomic mass is 32.2. The van der Waals surface area contributed by atoms with Gasteiger partial charge in [0, 0.05) is 23.4 Å². The zero-order valence-electron chi connectivity index (χ0n) is 5.78. The van der Waals surface area contributed by atoms with Crippen LogP contribution in [0.4, 0.5) is 0 Å². The van der Waals surface area contributed by atoms with E-state index in [0.29, 0.717) is 11.8 Å². The third-order valence-corrected chi connectivity index (χ3v) is 3.09. The molecule has 0 saturated heterocycles. The van der Waals surface area contributed by atoms with Crippen molar-refractivity contribution in [2.45, 2.75) is 16.5 Å². The van der Waals surface area contributed by atoms with Gasteiger partial charge in [0.2, 0.25) is 0 Å². The molecule has 1 aromatic rings. The number of hydrogen-bond acceptors (Lipinski definition) is 4. The van der Waals surface area contributed by atoms with Crippen molar-refractivity contribution < 1.29 is 0 Å². The summed E-state index contributed by atoms with van der Waals surface area (Å²) >= 11 is 3.40. The number of aromatic nitrogens is 1. The molecule has 1 rings (SSSR count). The number of hydrogen-bond donors (Lipinski definition) is 1. The maximum absolute atomic E-state index is 5.44. The molecule has 10 heavy (non-hydrogen) atoms. The molecule has 56 valence electrons. The van der Waals surface area contributed by atoms with Gasteiger partial charge in [0.25, 0.3) is 0 Å². The van der Waals surface area contributed by atoms with Gasteiger partial charge in [0.1, 0.15) is 4.34 Å². The van der Waals surface area contributed by atoms with Crippen molar-refractivity contribution in [3.05, 3.63) is 11.6 Å². The van der Waals surface area contributed by atoms with Gasteiger partial charge in [-0.1, -0.05) is 18.7 Å². The Morgan fingerprint density at radius 3 is 3.20 bits per heavy atom. The van der Waals surface area contributed by atoms with E-state index in [1.165, 1.54) is 0 Å². The molecular formula is C6H10N2S2. The van der Waals surface area contributed by atoms with Crippen LogP contribution in [0, 0.1) is 0 Å². The summed E-state index contributed by atoms with van der Waals surface area (Å²) in [6, 6.07) is 0. The SMILES string of the molecule is CC(CN)Sc1nccs1. The molecule has 1 aromatic heterocycles. The summed E-state index contributed by atoms with van der Waals surface area (Å²) in [4.78, 5) is 4.13. The first-order valence-electron chi connectivity index (χ1n) is 3.09. The van der Waals surface area contributed by atoms with Crippen LogP contribution in [0.2, 0.25) is 0 Å². The Labute approximate surface area is 68.8 Å². The number of thioether (sulfide) groups is 1. The zero-order chi connectivity index (χ0) is 7.40. The van der Waals surface area contributed by atoms with Gasteiger partial charge in [-0.15, -0.1) is 11.3 Å². The Morgan fingerprint density at radius 1 is 1.90 bits per heavy atom. The van der Waals surface area contributed by atoms with E-state index in [1.54, 1.807) is 23.1 Å². The number of nitrogens with zero attached hydrogens (tertiary/aromatic N) is 1. The van der Waals surface area contributed by atoms with Gasteiger partial charge in [0.05, 0.1) is 0 Å². The molecule has 1 unspecified atom stereocenters. The van der Waals surface area contributed by atoms with Crippen molar-refractivity contribution in [2.75, 3.05) is 6.54 Å². The first kappa shape index (κ1) is 8.04. The molecule has 2 nitrogen and oxygen atoms in total. The van der Waals surface area contributed by atoms with Crippen LogP contribution in [0.3, 0.4) is 0 Å². The fraction of sp³-hybridized carbons (Fsp3) is 0.500. The summed E-state index contributed by atoms with van der Waals surface area (Å²) in [7, 11) is 0. The molecular weight excluding hydrogens is 164 g/mol. The zero-order valence-corrected chi connectivity index (χ0v) is 7.41. The van der Waals surface area contributed by atoms with Crippen molar-refractivity contribution in [1.29, 1.82) is 0 Å². The molecule has 0 saturated carbocycles. The summed E-state index contributed by atoms with van der Waals surface area (Å²) in [5.74, 6) is 0. The highest BCUT2D eigenvalue weighted by Gasteiger charge is 2.02. The van der Waals surface area contributed by atoms with E-state index in [0.717, 1.165) is 4.34 Å². The highest BCUT2D eigenvalue weighted by molar-refractivity contribution is 8.01. The van der Waals surface area contributed by atoms with E-state index < -0.39 is 0 Å². The summed E-state index contributed by atoms with van der Waals surface area (Å²) < 4.78 is 1.11. The Hall–Kier alpha value is -0.0600. The number of thiazole rings is 1. The maximum Gasteiger partial charge on any atom is 0.150 e. The van der Waals surface area contributed by atoms with Crippen LogP contribution in [0.25, 0.3) is 0 Å². The lowest BCUT2D eigenvalue weighted by atomic mass is 10.5. The van der Waals surface area contributed by atoms with Crippen LogP contribution >= 0.6 is 23.1 Å². The number of rotatable bonds is 3. The van der Waals surface area contributed by atoms with Gasteiger partial charge in [-0.2, -0.15) is 0 Å². The fourth-order valence-corrected chi connectivity index (χ4v) is 2.29. The minimum Gasteiger partial charge on any atom is -0.329 e. The lowest BCUT2D eigenvalue weighted by Crippen LogP contribution is -2.11. The molecule has 1 atom stereocenters. The molecule has 0 fully saturated rings. The Kier molecular flexibility index (Phi) is 3.18. The molecule has 0 radical (unpaired) electrons. The van der Waals surface area contributed by atoms with E-state index in [-0.39, 0.29) is 0 Å². The van der Waals surface area contributed by atoms with Crippen LogP contribution in [0.5, 0.6) is 0 Å². The summed E-state index contributed by atoms with van der Waals surface area (Å²) in [5, 5.41) is 2.46. The van der Waals surface area contributed by atoms with Gasteiger partial charge < -0.3 is 5.73 Å². The lowest BCUT2D eigenvalue weighted by molar-refractivity contribution is 0.949. The van der Waals surface area contributed by atoms with Gasteiger partial charge in [-0.3, -0.25) is 0 Å². The third kappa shape index (κ3) is 2.28. The average Bonchev–Trinajstić information content (AvgIpc) is 2.40. The van der Waals surface area contributed by atoms with Crippen molar-refractivity contribution >= 4 is 23.1 Å². The van der Waals surface area contributed by atoms with E-state index in [9.17, 15) is 0 Å². The van der Waals surface area contributed by atoms with Crippen LogP contribution in [-0.2, 0) is 0 Å². The smallest absolute Gasteiger partial charge is 0.150 e. The molecule has 0 spiro atoms. The van der Waals surface area contributed by atoms with Crippen LogP contribution in [0.15, 0.2) is 15.9 Å². The van der Waals surface area contributed by atoms with Crippen molar-refractivity contribution in [3.8, 4) is 0 Å². The molecule has 0 aliphatic carbocycles. The molecule has 4 heteroatoms. The van der Waals surface area contributed by atoms with Gasteiger partial charge in [0.15, 0.2) is 0 Å². The van der Waals surface area contributed by atoms with E-state index in [2.05, 4.69) is 11.9 Å². The first-order valence-corrected chi connectivity index (χ1v) is 4.85. The molecule has 0 aliphatic heterocycles. The highest BCUT2D eigenvalue weighted by Crippen LogP contribution is 2.23. The molecule has 0 amide bonds. The molecule has 1 heterocycles. The van der Waals surface area contributed by atoms with Crippen molar-refractivity contribution in [1.82, 2.24) is 4.98 Å². The second-order valence-corrected chi connectivity index (χ2v) is 4.54. The monoisotopic (exact) mass is 174 g/mol. The predicted molar refractivity (Wildman–Crippen MR) is 46.5 cm³/mol. The minimum atomic E-state index is 0.478. The van der Waals surface area contributed by atoms with Gasteiger partial charge in [-0.05, 0) is 0 Å². The van der Waals surface area contributed by atoms with E-state index in [1.807, 2.05) is 11.6 Å². The molecule has 0 bridgehead atoms. The summed E-state index contributed by atoms with van der Waals surface area (Å²) in [5.41, 5.74) is 5.44. The maximum atomic E-state index is 5.44. The normalized spacial score (nSPS) is 13.4. The van der Waals surface area contributed by atoms with Crippen LogP contribution < -0.4 is 5.73 Å². The predicted octanol–water partition coefficient (Wildman–Crippen LogP) is 1.58. The standard InChI is InChI=1S/C6H10N2S2/c1-5(4-7)10-6-8-2-3-9-6/h2-3,5H,4,7H2,1H3. The van der Waals surface area contributed by atoms with E-state index in [4.69, 9.17) is 5.73 Å². The largest absolute Gasteiger partial charge is 0.329 e. The summed E-state index contributed by atoms with van der Waals surface area (Å²) in [6.07, 6.45) is 1.82. The Bertz CT molecular complexity index is 174. The van der Waals surface area contributed by atoms with Gasteiger partial charge >= 0.3 is 0 Å². The van der Waals surface area contributed by atoms with Gasteiger partial charge in [-0.25, -0.2) is 4.98 Å². The Morgan fingerprint density at radius 2 is 2.70 bits per heavy atom. The summed E-state index contributed by atoms with van der Waals surface area (Å²) in [6.45, 7) is 2.82. The average molecular weight is 174 g/mol. The molecule has 0 aromatic carbocycles.